The zero-order chi connectivity index (χ0) is 34.0. The number of ether oxygens (including phenoxy) is 1. The number of benzene rings is 2. The van der Waals surface area contributed by atoms with E-state index in [-0.39, 0.29) is 22.7 Å². The predicted octanol–water partition coefficient (Wildman–Crippen LogP) is 3.56. The average Bonchev–Trinajstić information content (AvgIpc) is 3.71. The van der Waals surface area contributed by atoms with Gasteiger partial charge in [0.1, 0.15) is 11.9 Å². The van der Waals surface area contributed by atoms with Crippen LogP contribution in [0.5, 0.6) is 0 Å². The van der Waals surface area contributed by atoms with Gasteiger partial charge in [-0.05, 0) is 42.7 Å². The fourth-order valence-corrected chi connectivity index (χ4v) is 7.59. The van der Waals surface area contributed by atoms with Gasteiger partial charge in [-0.3, -0.25) is 14.8 Å². The molecule has 254 valence electrons. The number of nitrogens with zero attached hydrogens (tertiary/aromatic N) is 5. The van der Waals surface area contributed by atoms with E-state index in [4.69, 9.17) is 21.3 Å². The molecule has 0 radical (unpaired) electrons. The molecule has 0 saturated carbocycles. The number of fused-ring (bicyclic) bond motifs is 1. The van der Waals surface area contributed by atoms with Crippen molar-refractivity contribution in [1.29, 1.82) is 0 Å². The van der Waals surface area contributed by atoms with Gasteiger partial charge in [0.2, 0.25) is 10.0 Å². The number of sulfonamides is 1. The number of hydrogen-bond donors (Lipinski definition) is 2. The third-order valence-electron chi connectivity index (χ3n) is 8.50. The number of anilines is 1. The first kappa shape index (κ1) is 34.0. The number of piperazine rings is 1. The fourth-order valence-electron chi connectivity index (χ4n) is 6.22. The molecule has 3 aliphatic rings. The summed E-state index contributed by atoms with van der Waals surface area (Å²) in [6, 6.07) is 10.8. The second-order valence-electron chi connectivity index (χ2n) is 11.8. The summed E-state index contributed by atoms with van der Waals surface area (Å²) in [6.45, 7) is 2.85. The van der Waals surface area contributed by atoms with Gasteiger partial charge < -0.3 is 15.0 Å². The molecule has 2 aromatic carbocycles. The molecule has 0 bridgehead atoms. The Morgan fingerprint density at radius 1 is 1.19 bits per heavy atom. The van der Waals surface area contributed by atoms with E-state index in [9.17, 15) is 22.4 Å². The quantitative estimate of drug-likeness (QED) is 0.227. The van der Waals surface area contributed by atoms with Crippen LogP contribution >= 0.6 is 22.9 Å². The fraction of sp³-hybridized carbons (Fsp3) is 0.375. The largest absolute Gasteiger partial charge is 0.466 e. The van der Waals surface area contributed by atoms with Crippen molar-refractivity contribution in [1.82, 2.24) is 24.8 Å². The molecule has 6 rings (SSSR count). The van der Waals surface area contributed by atoms with Gasteiger partial charge in [-0.25, -0.2) is 32.1 Å². The van der Waals surface area contributed by atoms with E-state index < -0.39 is 27.9 Å². The predicted molar refractivity (Wildman–Crippen MR) is 182 cm³/mol. The van der Waals surface area contributed by atoms with Crippen LogP contribution in [0.2, 0.25) is 5.02 Å². The van der Waals surface area contributed by atoms with Crippen molar-refractivity contribution in [3.63, 3.8) is 0 Å². The Kier molecular flexibility index (Phi) is 10.1. The van der Waals surface area contributed by atoms with Crippen LogP contribution in [-0.4, -0.2) is 99.7 Å². The number of halogens is 2. The molecular formula is C32H35ClFN7O5S2. The van der Waals surface area contributed by atoms with E-state index in [0.717, 1.165) is 17.5 Å². The lowest BCUT2D eigenvalue weighted by Crippen LogP contribution is -2.53. The first-order chi connectivity index (χ1) is 23.0. The van der Waals surface area contributed by atoms with Gasteiger partial charge in [0.15, 0.2) is 10.8 Å². The van der Waals surface area contributed by atoms with E-state index in [0.29, 0.717) is 74.2 Å². The van der Waals surface area contributed by atoms with Crippen LogP contribution in [0.3, 0.4) is 0 Å². The summed E-state index contributed by atoms with van der Waals surface area (Å²) in [6.07, 6.45) is 4.18. The number of aromatic nitrogens is 1. The number of carbonyl (C=O) groups excluding carboxylic acids is 2. The lowest BCUT2D eigenvalue weighted by molar-refractivity contribution is -0.136. The number of thiazole rings is 1. The van der Waals surface area contributed by atoms with Crippen molar-refractivity contribution in [2.45, 2.75) is 24.9 Å². The molecule has 48 heavy (non-hydrogen) atoms. The van der Waals surface area contributed by atoms with E-state index in [1.54, 1.807) is 11.1 Å². The Hall–Kier alpha value is -3.89. The first-order valence-electron chi connectivity index (χ1n) is 15.4. The molecule has 12 nitrogen and oxygen atoms in total. The van der Waals surface area contributed by atoms with E-state index in [1.165, 1.54) is 36.6 Å². The number of methoxy groups -OCH3 is 1. The second-order valence-corrected chi connectivity index (χ2v) is 14.9. The van der Waals surface area contributed by atoms with Gasteiger partial charge in [0.05, 0.1) is 25.0 Å². The highest BCUT2D eigenvalue weighted by atomic mass is 35.5. The van der Waals surface area contributed by atoms with Crippen molar-refractivity contribution in [3.05, 3.63) is 92.3 Å². The van der Waals surface area contributed by atoms with Crippen molar-refractivity contribution in [2.24, 2.45) is 4.99 Å². The Bertz CT molecular complexity index is 1850. The molecule has 3 aromatic rings. The number of hydrogen-bond acceptors (Lipinski definition) is 10. The minimum absolute atomic E-state index is 0.0563. The lowest BCUT2D eigenvalue weighted by Gasteiger charge is -2.38. The van der Waals surface area contributed by atoms with Gasteiger partial charge in [0, 0.05) is 72.8 Å². The van der Waals surface area contributed by atoms with Crippen LogP contribution in [0.1, 0.15) is 28.6 Å². The standard InChI is InChI=1S/C32H35ClFN7O5S2/c1-46-31(42)27-26(37-29(30-35-12-15-47-30)38-28(27)24-10-7-21(34)16-25(24)33)19-39-13-14-40-23(17-39)18-41(32(40)43)22-8-5-20(6-9-22)4-3-11-36-48(2,44)45/h5-10,12,15-16,23,28,36H,3-4,11,13-14,17-19H2,1-2H3,(H,37,38)/t23-,28?/m0/s1. The van der Waals surface area contributed by atoms with E-state index in [2.05, 4.69) is 19.9 Å². The Balaban J connectivity index is 1.19. The normalized spacial score (nSPS) is 20.1. The molecular weight excluding hydrogens is 681 g/mol. The number of aryl methyl sites for hydroxylation is 1. The molecule has 2 atom stereocenters. The van der Waals surface area contributed by atoms with Gasteiger partial charge in [-0.1, -0.05) is 29.8 Å². The minimum atomic E-state index is -3.21. The van der Waals surface area contributed by atoms with Crippen LogP contribution in [0.15, 0.2) is 70.3 Å². The topological polar surface area (TPSA) is 137 Å². The molecule has 0 aliphatic carbocycles. The summed E-state index contributed by atoms with van der Waals surface area (Å²) < 4.78 is 44.3. The van der Waals surface area contributed by atoms with Crippen LogP contribution in [0.4, 0.5) is 14.9 Å². The number of carbonyl (C=O) groups is 2. The Morgan fingerprint density at radius 2 is 1.98 bits per heavy atom. The highest BCUT2D eigenvalue weighted by molar-refractivity contribution is 7.88. The van der Waals surface area contributed by atoms with Crippen LogP contribution in [0.25, 0.3) is 0 Å². The zero-order valence-electron chi connectivity index (χ0n) is 26.4. The minimum Gasteiger partial charge on any atom is -0.466 e. The summed E-state index contributed by atoms with van der Waals surface area (Å²) in [5, 5.41) is 5.92. The number of urea groups is 1. The lowest BCUT2D eigenvalue weighted by atomic mass is 9.95. The molecule has 2 N–H and O–H groups in total. The molecule has 1 aromatic heterocycles. The first-order valence-corrected chi connectivity index (χ1v) is 18.5. The molecule has 3 aliphatic heterocycles. The third kappa shape index (κ3) is 7.55. The number of nitrogens with one attached hydrogen (secondary N) is 2. The Labute approximate surface area is 287 Å². The summed E-state index contributed by atoms with van der Waals surface area (Å²) in [5.41, 5.74) is 3.16. The highest BCUT2D eigenvalue weighted by Gasteiger charge is 2.42. The van der Waals surface area contributed by atoms with Gasteiger partial charge in [-0.15, -0.1) is 11.3 Å². The maximum absolute atomic E-state index is 14.0. The summed E-state index contributed by atoms with van der Waals surface area (Å²) >= 11 is 7.88. The molecule has 0 spiro atoms. The number of aliphatic imine (C=N–C) groups is 1. The van der Waals surface area contributed by atoms with E-state index >= 15 is 0 Å². The number of esters is 1. The van der Waals surface area contributed by atoms with Crippen LogP contribution in [-0.2, 0) is 26.0 Å². The molecule has 2 saturated heterocycles. The van der Waals surface area contributed by atoms with Crippen molar-refractivity contribution in [3.8, 4) is 0 Å². The summed E-state index contributed by atoms with van der Waals surface area (Å²) in [5.74, 6) is -0.617. The van der Waals surface area contributed by atoms with Gasteiger partial charge in [-0.2, -0.15) is 0 Å². The van der Waals surface area contributed by atoms with E-state index in [1.807, 2.05) is 34.5 Å². The van der Waals surface area contributed by atoms with Crippen molar-refractivity contribution >= 4 is 56.5 Å². The number of amidine groups is 1. The molecule has 2 amide bonds. The SMILES string of the molecule is COC(=O)C1=C(CN2CCN3C(=O)N(c4ccc(CCCNS(C)(=O)=O)cc4)C[C@@H]3C2)NC(c2nccs2)=NC1c1ccc(F)cc1Cl. The smallest absolute Gasteiger partial charge is 0.338 e. The molecule has 2 fully saturated rings. The maximum atomic E-state index is 14.0. The zero-order valence-corrected chi connectivity index (χ0v) is 28.7. The summed E-state index contributed by atoms with van der Waals surface area (Å²) in [7, 11) is -1.91. The van der Waals surface area contributed by atoms with Crippen LogP contribution < -0.4 is 14.9 Å². The van der Waals surface area contributed by atoms with Crippen molar-refractivity contribution < 1.29 is 27.1 Å². The summed E-state index contributed by atoms with van der Waals surface area (Å²) in [4.78, 5) is 41.8. The molecule has 16 heteroatoms. The number of amides is 2. The average molecular weight is 716 g/mol. The van der Waals surface area contributed by atoms with Gasteiger partial charge >= 0.3 is 12.0 Å². The second kappa shape index (κ2) is 14.3. The number of rotatable bonds is 11. The Morgan fingerprint density at radius 3 is 2.67 bits per heavy atom. The van der Waals surface area contributed by atoms with Crippen molar-refractivity contribution in [2.75, 3.05) is 57.5 Å². The molecule has 4 heterocycles. The van der Waals surface area contributed by atoms with Crippen LogP contribution in [0, 0.1) is 5.82 Å². The highest BCUT2D eigenvalue weighted by Crippen LogP contribution is 2.37. The monoisotopic (exact) mass is 715 g/mol. The third-order valence-corrected chi connectivity index (χ3v) is 10.3. The molecule has 1 unspecified atom stereocenters. The van der Waals surface area contributed by atoms with Gasteiger partial charge in [0.25, 0.3) is 0 Å². The maximum Gasteiger partial charge on any atom is 0.338 e.